The van der Waals surface area contributed by atoms with Crippen LogP contribution in [-0.2, 0) is 6.42 Å². The van der Waals surface area contributed by atoms with Crippen molar-refractivity contribution in [1.82, 2.24) is 0 Å². The summed E-state index contributed by atoms with van der Waals surface area (Å²) in [6.45, 7) is 4.09. The highest BCUT2D eigenvalue weighted by Gasteiger charge is 2.19. The average Bonchev–Trinajstić information content (AvgIpc) is 3.23. The third-order valence-corrected chi connectivity index (χ3v) is 5.21. The number of nitrogens with zero attached hydrogens (tertiary/aromatic N) is 2. The molecule has 1 aliphatic heterocycles. The summed E-state index contributed by atoms with van der Waals surface area (Å²) < 4.78 is 0. The molecule has 0 aliphatic carbocycles. The lowest BCUT2D eigenvalue weighted by atomic mass is 10.1. The second-order valence-corrected chi connectivity index (χ2v) is 7.08. The Kier molecular flexibility index (Phi) is 5.30. The zero-order valence-electron chi connectivity index (χ0n) is 14.1. The molecule has 0 atom stereocenters. The van der Waals surface area contributed by atoms with Crippen LogP contribution < -0.4 is 10.6 Å². The van der Waals surface area contributed by atoms with Gasteiger partial charge in [-0.1, -0.05) is 19.4 Å². The van der Waals surface area contributed by atoms with Crippen molar-refractivity contribution in [2.45, 2.75) is 32.6 Å². The fourth-order valence-electron chi connectivity index (χ4n) is 3.07. The SMILES string of the molecule is CCCC(=N)CCN1CCc2cc(N=C(N)c3cccs3)ccc21. The first-order valence-corrected chi connectivity index (χ1v) is 9.37. The van der Waals surface area contributed by atoms with Crippen molar-refractivity contribution in [3.8, 4) is 0 Å². The van der Waals surface area contributed by atoms with E-state index in [1.807, 2.05) is 23.6 Å². The summed E-state index contributed by atoms with van der Waals surface area (Å²) in [5.41, 5.74) is 10.5. The van der Waals surface area contributed by atoms with E-state index in [0.717, 1.165) is 55.0 Å². The van der Waals surface area contributed by atoms with Gasteiger partial charge in [0.25, 0.3) is 0 Å². The molecule has 0 spiro atoms. The lowest BCUT2D eigenvalue weighted by molar-refractivity contribution is 0.823. The van der Waals surface area contributed by atoms with Gasteiger partial charge in [-0.25, -0.2) is 4.99 Å². The van der Waals surface area contributed by atoms with Crippen LogP contribution in [0.15, 0.2) is 40.7 Å². The number of thiophene rings is 1. The van der Waals surface area contributed by atoms with Crippen LogP contribution in [0.5, 0.6) is 0 Å². The fourth-order valence-corrected chi connectivity index (χ4v) is 3.70. The van der Waals surface area contributed by atoms with Crippen LogP contribution in [-0.4, -0.2) is 24.6 Å². The molecule has 2 heterocycles. The Balaban J connectivity index is 1.69. The third kappa shape index (κ3) is 3.85. The third-order valence-electron chi connectivity index (χ3n) is 4.31. The molecule has 1 aromatic carbocycles. The summed E-state index contributed by atoms with van der Waals surface area (Å²) >= 11 is 1.61. The van der Waals surface area contributed by atoms with Crippen molar-refractivity contribution in [2.24, 2.45) is 10.7 Å². The number of amidine groups is 1. The Labute approximate surface area is 147 Å². The summed E-state index contributed by atoms with van der Waals surface area (Å²) in [6.07, 6.45) is 3.87. The number of nitrogens with one attached hydrogen (secondary N) is 1. The number of nitrogens with two attached hydrogens (primary N) is 1. The zero-order chi connectivity index (χ0) is 16.9. The van der Waals surface area contributed by atoms with Crippen LogP contribution in [0, 0.1) is 5.41 Å². The van der Waals surface area contributed by atoms with E-state index in [2.05, 4.69) is 28.9 Å². The van der Waals surface area contributed by atoms with Crippen molar-refractivity contribution < 1.29 is 0 Å². The van der Waals surface area contributed by atoms with Gasteiger partial charge in [0.1, 0.15) is 5.84 Å². The smallest absolute Gasteiger partial charge is 0.141 e. The number of fused-ring (bicyclic) bond motifs is 1. The number of anilines is 1. The molecule has 1 aromatic heterocycles. The summed E-state index contributed by atoms with van der Waals surface area (Å²) in [4.78, 5) is 7.95. The van der Waals surface area contributed by atoms with Crippen molar-refractivity contribution in [3.63, 3.8) is 0 Å². The normalized spacial score (nSPS) is 14.0. The predicted molar refractivity (Wildman–Crippen MR) is 104 cm³/mol. The number of aliphatic imine (C=N–C) groups is 1. The zero-order valence-corrected chi connectivity index (χ0v) is 14.9. The lowest BCUT2D eigenvalue weighted by Gasteiger charge is -2.19. The van der Waals surface area contributed by atoms with Crippen molar-refractivity contribution in [2.75, 3.05) is 18.0 Å². The molecular weight excluding hydrogens is 316 g/mol. The minimum absolute atomic E-state index is 0.577. The monoisotopic (exact) mass is 340 g/mol. The number of hydrogen-bond acceptors (Lipinski definition) is 4. The van der Waals surface area contributed by atoms with Crippen LogP contribution in [0.4, 0.5) is 11.4 Å². The van der Waals surface area contributed by atoms with Crippen molar-refractivity contribution >= 4 is 34.3 Å². The van der Waals surface area contributed by atoms with E-state index in [0.29, 0.717) is 5.84 Å². The molecule has 2 aromatic rings. The Morgan fingerprint density at radius 2 is 2.21 bits per heavy atom. The van der Waals surface area contributed by atoms with Gasteiger partial charge >= 0.3 is 0 Å². The molecule has 0 unspecified atom stereocenters. The van der Waals surface area contributed by atoms with E-state index >= 15 is 0 Å². The summed E-state index contributed by atoms with van der Waals surface area (Å²) in [5.74, 6) is 0.577. The first-order chi connectivity index (χ1) is 11.7. The van der Waals surface area contributed by atoms with E-state index in [1.165, 1.54) is 11.3 Å². The highest BCUT2D eigenvalue weighted by molar-refractivity contribution is 7.12. The van der Waals surface area contributed by atoms with E-state index in [9.17, 15) is 0 Å². The molecule has 0 fully saturated rings. The standard InChI is InChI=1S/C19H24N4S/c1-2-4-15(20)9-11-23-10-8-14-13-16(6-7-17(14)23)22-19(21)18-5-3-12-24-18/h3,5-7,12-13,20H,2,4,8-11H2,1H3,(H2,21,22). The van der Waals surface area contributed by atoms with Crippen molar-refractivity contribution in [1.29, 1.82) is 5.41 Å². The van der Waals surface area contributed by atoms with Gasteiger partial charge in [0.15, 0.2) is 0 Å². The van der Waals surface area contributed by atoms with Crippen LogP contribution in [0.3, 0.4) is 0 Å². The van der Waals surface area contributed by atoms with E-state index in [-0.39, 0.29) is 0 Å². The van der Waals surface area contributed by atoms with Crippen LogP contribution >= 0.6 is 11.3 Å². The molecule has 3 N–H and O–H groups in total. The average molecular weight is 340 g/mol. The van der Waals surface area contributed by atoms with Crippen LogP contribution in [0.25, 0.3) is 0 Å². The van der Waals surface area contributed by atoms with E-state index < -0.39 is 0 Å². The van der Waals surface area contributed by atoms with Gasteiger partial charge in [0.05, 0.1) is 10.6 Å². The molecule has 5 heteroatoms. The Morgan fingerprint density at radius 3 is 2.96 bits per heavy atom. The fraction of sp³-hybridized carbons (Fsp3) is 0.368. The molecular formula is C19H24N4S. The Bertz CT molecular complexity index is 734. The Hall–Kier alpha value is -2.14. The molecule has 0 radical (unpaired) electrons. The minimum atomic E-state index is 0.577. The van der Waals surface area contributed by atoms with Crippen LogP contribution in [0.2, 0.25) is 0 Å². The number of hydrogen-bond donors (Lipinski definition) is 2. The minimum Gasteiger partial charge on any atom is -0.383 e. The molecule has 126 valence electrons. The van der Waals surface area contributed by atoms with Crippen LogP contribution in [0.1, 0.15) is 36.6 Å². The second kappa shape index (κ2) is 7.62. The van der Waals surface area contributed by atoms with Crippen molar-refractivity contribution in [3.05, 3.63) is 46.2 Å². The molecule has 4 nitrogen and oxygen atoms in total. The van der Waals surface area contributed by atoms with E-state index in [4.69, 9.17) is 11.1 Å². The first-order valence-electron chi connectivity index (χ1n) is 8.49. The quantitative estimate of drug-likeness (QED) is 0.581. The largest absolute Gasteiger partial charge is 0.383 e. The first kappa shape index (κ1) is 16.7. The molecule has 0 saturated heterocycles. The van der Waals surface area contributed by atoms with E-state index in [1.54, 1.807) is 11.3 Å². The number of rotatable bonds is 7. The van der Waals surface area contributed by atoms with Gasteiger partial charge in [-0.15, -0.1) is 11.3 Å². The molecule has 3 rings (SSSR count). The predicted octanol–water partition coefficient (Wildman–Crippen LogP) is 4.36. The second-order valence-electron chi connectivity index (χ2n) is 6.13. The molecule has 0 amide bonds. The van der Waals surface area contributed by atoms with Gasteiger partial charge < -0.3 is 16.0 Å². The van der Waals surface area contributed by atoms with Gasteiger partial charge in [0, 0.05) is 30.9 Å². The summed E-state index contributed by atoms with van der Waals surface area (Å²) in [5, 5.41) is 9.97. The lowest BCUT2D eigenvalue weighted by Crippen LogP contribution is -2.23. The molecule has 24 heavy (non-hydrogen) atoms. The Morgan fingerprint density at radius 1 is 1.33 bits per heavy atom. The maximum absolute atomic E-state index is 7.96. The topological polar surface area (TPSA) is 65.5 Å². The maximum atomic E-state index is 7.96. The molecule has 0 saturated carbocycles. The number of benzene rings is 1. The van der Waals surface area contributed by atoms with Gasteiger partial charge in [-0.05, 0) is 48.1 Å². The van der Waals surface area contributed by atoms with Gasteiger partial charge in [0.2, 0.25) is 0 Å². The molecule has 1 aliphatic rings. The highest BCUT2D eigenvalue weighted by Crippen LogP contribution is 2.31. The summed E-state index contributed by atoms with van der Waals surface area (Å²) in [6, 6.07) is 10.3. The summed E-state index contributed by atoms with van der Waals surface area (Å²) in [7, 11) is 0. The highest BCUT2D eigenvalue weighted by atomic mass is 32.1. The molecule has 0 bridgehead atoms. The maximum Gasteiger partial charge on any atom is 0.141 e. The van der Waals surface area contributed by atoms with Gasteiger partial charge in [-0.2, -0.15) is 0 Å². The van der Waals surface area contributed by atoms with Gasteiger partial charge in [-0.3, -0.25) is 0 Å².